The smallest absolute Gasteiger partial charge is 0.362 e. The summed E-state index contributed by atoms with van der Waals surface area (Å²) in [5, 5.41) is 17.3. The summed E-state index contributed by atoms with van der Waals surface area (Å²) in [7, 11) is 0. The minimum absolute atomic E-state index is 0.0194. The van der Waals surface area contributed by atoms with Crippen molar-refractivity contribution in [1.29, 1.82) is 0 Å². The number of rotatable bonds is 3. The van der Waals surface area contributed by atoms with Crippen molar-refractivity contribution >= 4 is 23.7 Å². The summed E-state index contributed by atoms with van der Waals surface area (Å²) in [5.41, 5.74) is -3.29. The number of hydrogen-bond acceptors (Lipinski definition) is 4. The highest BCUT2D eigenvalue weighted by molar-refractivity contribution is 6.30. The minimum Gasteiger partial charge on any atom is -0.362 e. The van der Waals surface area contributed by atoms with Crippen LogP contribution in [0.2, 0.25) is 5.02 Å². The Hall–Kier alpha value is -1.61. The fraction of sp³-hybridized carbons (Fsp3) is 0.545. The third kappa shape index (κ3) is 2.88. The van der Waals surface area contributed by atoms with Gasteiger partial charge < -0.3 is 5.11 Å². The third-order valence-corrected chi connectivity index (χ3v) is 3.27. The Morgan fingerprint density at radius 3 is 2.81 bits per heavy atom. The highest BCUT2D eigenvalue weighted by Crippen LogP contribution is 2.39. The van der Waals surface area contributed by atoms with Crippen molar-refractivity contribution in [2.45, 2.75) is 31.8 Å². The number of carbonyl (C=O) groups is 1. The Bertz CT molecular complexity index is 574. The van der Waals surface area contributed by atoms with Gasteiger partial charge in [0.15, 0.2) is 0 Å². The van der Waals surface area contributed by atoms with Gasteiger partial charge >= 0.3 is 6.18 Å². The van der Waals surface area contributed by atoms with Gasteiger partial charge in [-0.2, -0.15) is 28.4 Å². The van der Waals surface area contributed by atoms with Crippen molar-refractivity contribution in [2.24, 2.45) is 11.0 Å². The van der Waals surface area contributed by atoms with Gasteiger partial charge in [-0.05, 0) is 0 Å². The zero-order valence-corrected chi connectivity index (χ0v) is 11.6. The fourth-order valence-corrected chi connectivity index (χ4v) is 2.07. The number of alkyl halides is 3. The number of amides is 1. The van der Waals surface area contributed by atoms with Crippen LogP contribution in [0.15, 0.2) is 17.5 Å². The topological polar surface area (TPSA) is 70.7 Å². The number of nitrogens with zero attached hydrogens (tertiary/aromatic N) is 4. The molecule has 0 aromatic carbocycles. The molecule has 1 aliphatic rings. The van der Waals surface area contributed by atoms with Gasteiger partial charge in [-0.1, -0.05) is 18.5 Å². The Kier molecular flexibility index (Phi) is 3.98. The van der Waals surface area contributed by atoms with Crippen LogP contribution in [0.1, 0.15) is 13.3 Å². The standard InChI is InChI=1S/C11H12ClF3N4O2/c1-7(5-18-6-8(12)4-17-18)9(20)19-10(21,2-3-16-19)11(13,14)15/h3-4,6-7,21H,2,5H2,1H3. The number of hydrogen-bond donors (Lipinski definition) is 1. The predicted octanol–water partition coefficient (Wildman–Crippen LogP) is 1.64. The highest BCUT2D eigenvalue weighted by atomic mass is 35.5. The molecule has 2 rings (SSSR count). The summed E-state index contributed by atoms with van der Waals surface area (Å²) in [6.45, 7) is 1.44. The Labute approximate surface area is 122 Å². The molecule has 0 saturated heterocycles. The lowest BCUT2D eigenvalue weighted by atomic mass is 10.1. The van der Waals surface area contributed by atoms with E-state index in [1.54, 1.807) is 0 Å². The van der Waals surface area contributed by atoms with Gasteiger partial charge in [0, 0.05) is 18.8 Å². The summed E-state index contributed by atoms with van der Waals surface area (Å²) in [4.78, 5) is 12.1. The third-order valence-electron chi connectivity index (χ3n) is 3.07. The second-order valence-electron chi connectivity index (χ2n) is 4.75. The lowest BCUT2D eigenvalue weighted by molar-refractivity contribution is -0.303. The summed E-state index contributed by atoms with van der Waals surface area (Å²) < 4.78 is 40.0. The van der Waals surface area contributed by atoms with Crippen molar-refractivity contribution in [3.63, 3.8) is 0 Å². The van der Waals surface area contributed by atoms with Gasteiger partial charge in [-0.3, -0.25) is 9.48 Å². The second-order valence-corrected chi connectivity index (χ2v) is 5.18. The van der Waals surface area contributed by atoms with E-state index < -0.39 is 30.1 Å². The van der Waals surface area contributed by atoms with E-state index in [9.17, 15) is 23.1 Å². The van der Waals surface area contributed by atoms with Crippen LogP contribution in [0.25, 0.3) is 0 Å². The number of aromatic nitrogens is 2. The Morgan fingerprint density at radius 1 is 1.62 bits per heavy atom. The molecule has 0 aliphatic carbocycles. The van der Waals surface area contributed by atoms with Crippen LogP contribution >= 0.6 is 11.6 Å². The average Bonchev–Trinajstić information content (AvgIpc) is 2.95. The van der Waals surface area contributed by atoms with Crippen molar-refractivity contribution in [1.82, 2.24) is 14.8 Å². The first kappa shape index (κ1) is 15.8. The normalized spacial score (nSPS) is 23.6. The van der Waals surface area contributed by atoms with E-state index >= 15 is 0 Å². The first-order valence-electron chi connectivity index (χ1n) is 5.99. The van der Waals surface area contributed by atoms with Gasteiger partial charge in [-0.25, -0.2) is 0 Å². The summed E-state index contributed by atoms with van der Waals surface area (Å²) in [6, 6.07) is 0. The van der Waals surface area contributed by atoms with Gasteiger partial charge in [-0.15, -0.1) is 0 Å². The average molecular weight is 325 g/mol. The fourth-order valence-electron chi connectivity index (χ4n) is 1.91. The molecule has 2 unspecified atom stereocenters. The van der Waals surface area contributed by atoms with Crippen molar-refractivity contribution < 1.29 is 23.1 Å². The van der Waals surface area contributed by atoms with E-state index in [4.69, 9.17) is 11.6 Å². The predicted molar refractivity (Wildman–Crippen MR) is 67.4 cm³/mol. The maximum Gasteiger partial charge on any atom is 0.438 e. The summed E-state index contributed by atoms with van der Waals surface area (Å²) in [5.74, 6) is -1.82. The monoisotopic (exact) mass is 324 g/mol. The molecule has 1 aromatic heterocycles. The number of hydrazone groups is 1. The Balaban J connectivity index is 2.13. The number of halogens is 4. The van der Waals surface area contributed by atoms with E-state index in [1.807, 2.05) is 0 Å². The molecule has 0 radical (unpaired) electrons. The van der Waals surface area contributed by atoms with Crippen LogP contribution in [-0.2, 0) is 11.3 Å². The van der Waals surface area contributed by atoms with Crippen molar-refractivity contribution in [3.8, 4) is 0 Å². The summed E-state index contributed by atoms with van der Waals surface area (Å²) in [6.07, 6.45) is -2.13. The van der Waals surface area contributed by atoms with E-state index in [0.717, 1.165) is 6.21 Å². The van der Waals surface area contributed by atoms with Gasteiger partial charge in [0.1, 0.15) is 0 Å². The number of carbonyl (C=O) groups excluding carboxylic acids is 1. The highest BCUT2D eigenvalue weighted by Gasteiger charge is 2.61. The van der Waals surface area contributed by atoms with E-state index in [0.29, 0.717) is 5.02 Å². The van der Waals surface area contributed by atoms with Crippen LogP contribution in [-0.4, -0.2) is 43.9 Å². The van der Waals surface area contributed by atoms with Crippen LogP contribution < -0.4 is 0 Å². The van der Waals surface area contributed by atoms with Gasteiger partial charge in [0.2, 0.25) is 5.91 Å². The lowest BCUT2D eigenvalue weighted by Gasteiger charge is -2.33. The molecule has 6 nitrogen and oxygen atoms in total. The zero-order valence-electron chi connectivity index (χ0n) is 10.9. The van der Waals surface area contributed by atoms with E-state index in [1.165, 1.54) is 24.0 Å². The molecule has 1 N–H and O–H groups in total. The van der Waals surface area contributed by atoms with Crippen LogP contribution in [0.3, 0.4) is 0 Å². The van der Waals surface area contributed by atoms with Crippen LogP contribution in [0.5, 0.6) is 0 Å². The largest absolute Gasteiger partial charge is 0.438 e. The molecule has 2 atom stereocenters. The van der Waals surface area contributed by atoms with Gasteiger partial charge in [0.25, 0.3) is 5.72 Å². The number of aliphatic hydroxyl groups is 1. The second kappa shape index (κ2) is 5.30. The summed E-state index contributed by atoms with van der Waals surface area (Å²) >= 11 is 5.66. The molecule has 0 bridgehead atoms. The molecule has 21 heavy (non-hydrogen) atoms. The maximum absolute atomic E-state index is 12.9. The molecular formula is C11H12ClF3N4O2. The molecule has 1 amide bonds. The lowest BCUT2D eigenvalue weighted by Crippen LogP contribution is -2.57. The molecule has 1 aromatic rings. The van der Waals surface area contributed by atoms with E-state index in [2.05, 4.69) is 10.2 Å². The zero-order chi connectivity index (χ0) is 15.8. The first-order valence-corrected chi connectivity index (χ1v) is 6.36. The molecule has 0 fully saturated rings. The quantitative estimate of drug-likeness (QED) is 0.919. The molecular weight excluding hydrogens is 313 g/mol. The molecule has 10 heteroatoms. The van der Waals surface area contributed by atoms with Crippen LogP contribution in [0, 0.1) is 5.92 Å². The van der Waals surface area contributed by atoms with Gasteiger partial charge in [0.05, 0.1) is 23.7 Å². The minimum atomic E-state index is -4.99. The van der Waals surface area contributed by atoms with Crippen molar-refractivity contribution in [3.05, 3.63) is 17.4 Å². The molecule has 0 spiro atoms. The van der Waals surface area contributed by atoms with Crippen LogP contribution in [0.4, 0.5) is 13.2 Å². The molecule has 2 heterocycles. The van der Waals surface area contributed by atoms with Crippen molar-refractivity contribution in [2.75, 3.05) is 0 Å². The van der Waals surface area contributed by atoms with E-state index in [-0.39, 0.29) is 11.6 Å². The molecule has 0 saturated carbocycles. The first-order chi connectivity index (χ1) is 9.65. The SMILES string of the molecule is CC(Cn1cc(Cl)cn1)C(=O)N1N=CCC1(O)C(F)(F)F. The maximum atomic E-state index is 12.9. The molecule has 1 aliphatic heterocycles. The molecule has 116 valence electrons. The Morgan fingerprint density at radius 2 is 2.29 bits per heavy atom.